The molecule has 2 heterocycles. The van der Waals surface area contributed by atoms with Crippen LogP contribution in [-0.2, 0) is 9.53 Å². The van der Waals surface area contributed by atoms with Crippen LogP contribution in [0.25, 0.3) is 22.2 Å². The molecule has 0 aliphatic rings. The summed E-state index contributed by atoms with van der Waals surface area (Å²) in [6.45, 7) is 1.52. The standard InChI is InChI=1S/C24H18ClN3O3/c1-15(23(29)27-18-6-4-5-17(25)13-18)31-24(30)20-14-22(16-9-11-26-12-10-16)28-21-8-3-2-7-19(20)21/h2-15H,1H3,(H,27,29). The zero-order valence-electron chi connectivity index (χ0n) is 16.6. The number of fused-ring (bicyclic) bond motifs is 1. The minimum atomic E-state index is -1.01. The molecule has 0 aliphatic carbocycles. The highest BCUT2D eigenvalue weighted by Crippen LogP contribution is 2.25. The topological polar surface area (TPSA) is 81.2 Å². The first-order valence-electron chi connectivity index (χ1n) is 9.59. The molecule has 31 heavy (non-hydrogen) atoms. The third kappa shape index (κ3) is 4.70. The normalized spacial score (nSPS) is 11.7. The number of carbonyl (C=O) groups is 2. The predicted molar refractivity (Wildman–Crippen MR) is 120 cm³/mol. The van der Waals surface area contributed by atoms with Crippen LogP contribution in [0, 0.1) is 0 Å². The Morgan fingerprint density at radius 3 is 2.55 bits per heavy atom. The Morgan fingerprint density at radius 1 is 1.00 bits per heavy atom. The number of rotatable bonds is 5. The van der Waals surface area contributed by atoms with Crippen LogP contribution in [-0.4, -0.2) is 27.9 Å². The molecule has 0 saturated heterocycles. The summed E-state index contributed by atoms with van der Waals surface area (Å²) in [5.74, 6) is -1.06. The first-order chi connectivity index (χ1) is 15.0. The lowest BCUT2D eigenvalue weighted by molar-refractivity contribution is -0.123. The summed E-state index contributed by atoms with van der Waals surface area (Å²) in [5, 5.41) is 3.83. The number of carbonyl (C=O) groups excluding carboxylic acids is 2. The van der Waals surface area contributed by atoms with E-state index in [4.69, 9.17) is 16.3 Å². The third-order valence-corrected chi connectivity index (χ3v) is 4.89. The fourth-order valence-electron chi connectivity index (χ4n) is 3.10. The van der Waals surface area contributed by atoms with Gasteiger partial charge in [0.1, 0.15) is 0 Å². The molecule has 7 heteroatoms. The van der Waals surface area contributed by atoms with E-state index >= 15 is 0 Å². The molecule has 2 aromatic carbocycles. The van der Waals surface area contributed by atoms with Gasteiger partial charge in [-0.05, 0) is 49.4 Å². The molecule has 4 rings (SSSR count). The number of hydrogen-bond donors (Lipinski definition) is 1. The minimum absolute atomic E-state index is 0.333. The second kappa shape index (κ2) is 8.93. The van der Waals surface area contributed by atoms with Crippen molar-refractivity contribution < 1.29 is 14.3 Å². The number of anilines is 1. The molecule has 4 aromatic rings. The van der Waals surface area contributed by atoms with Gasteiger partial charge in [-0.2, -0.15) is 0 Å². The van der Waals surface area contributed by atoms with Crippen LogP contribution < -0.4 is 5.32 Å². The number of nitrogens with one attached hydrogen (secondary N) is 1. The van der Waals surface area contributed by atoms with Crippen molar-refractivity contribution in [3.63, 3.8) is 0 Å². The summed E-state index contributed by atoms with van der Waals surface area (Å²) >= 11 is 5.95. The van der Waals surface area contributed by atoms with Crippen LogP contribution in [0.15, 0.2) is 79.1 Å². The van der Waals surface area contributed by atoms with Gasteiger partial charge < -0.3 is 10.1 Å². The van der Waals surface area contributed by atoms with E-state index in [1.807, 2.05) is 30.3 Å². The molecule has 0 aliphatic heterocycles. The van der Waals surface area contributed by atoms with Crippen molar-refractivity contribution in [1.82, 2.24) is 9.97 Å². The van der Waals surface area contributed by atoms with Crippen molar-refractivity contribution in [2.45, 2.75) is 13.0 Å². The molecule has 6 nitrogen and oxygen atoms in total. The molecule has 1 N–H and O–H groups in total. The van der Waals surface area contributed by atoms with Crippen LogP contribution in [0.4, 0.5) is 5.69 Å². The Kier molecular flexibility index (Phi) is 5.91. The third-order valence-electron chi connectivity index (χ3n) is 4.66. The van der Waals surface area contributed by atoms with Gasteiger partial charge in [-0.1, -0.05) is 35.9 Å². The summed E-state index contributed by atoms with van der Waals surface area (Å²) in [5.41, 5.74) is 2.94. The van der Waals surface area contributed by atoms with E-state index in [9.17, 15) is 9.59 Å². The van der Waals surface area contributed by atoms with Crippen LogP contribution in [0.1, 0.15) is 17.3 Å². The molecule has 0 spiro atoms. The second-order valence-corrected chi connectivity index (χ2v) is 7.29. The average Bonchev–Trinajstić information content (AvgIpc) is 2.78. The maximum Gasteiger partial charge on any atom is 0.339 e. The van der Waals surface area contributed by atoms with E-state index in [0.29, 0.717) is 32.9 Å². The maximum absolute atomic E-state index is 13.0. The lowest BCUT2D eigenvalue weighted by atomic mass is 10.0. The largest absolute Gasteiger partial charge is 0.449 e. The van der Waals surface area contributed by atoms with Crippen LogP contribution in [0.5, 0.6) is 0 Å². The Morgan fingerprint density at radius 2 is 1.77 bits per heavy atom. The number of ether oxygens (including phenoxy) is 1. The minimum Gasteiger partial charge on any atom is -0.449 e. The van der Waals surface area contributed by atoms with E-state index in [1.165, 1.54) is 6.92 Å². The Labute approximate surface area is 183 Å². The fourth-order valence-corrected chi connectivity index (χ4v) is 3.29. The molecule has 0 bridgehead atoms. The Bertz CT molecular complexity index is 1260. The molecule has 1 amide bonds. The van der Waals surface area contributed by atoms with Crippen molar-refractivity contribution in [3.8, 4) is 11.3 Å². The van der Waals surface area contributed by atoms with Crippen LogP contribution in [0.2, 0.25) is 5.02 Å². The molecule has 1 atom stereocenters. The number of esters is 1. The molecular formula is C24H18ClN3O3. The van der Waals surface area contributed by atoms with Crippen molar-refractivity contribution in [2.75, 3.05) is 5.32 Å². The van der Waals surface area contributed by atoms with E-state index in [2.05, 4.69) is 15.3 Å². The fraction of sp³-hybridized carbons (Fsp3) is 0.0833. The number of nitrogens with zero attached hydrogens (tertiary/aromatic N) is 2. The predicted octanol–water partition coefficient (Wildman–Crippen LogP) is 5.13. The van der Waals surface area contributed by atoms with E-state index in [-0.39, 0.29) is 0 Å². The number of pyridine rings is 2. The van der Waals surface area contributed by atoms with Crippen molar-refractivity contribution in [3.05, 3.63) is 89.7 Å². The molecule has 0 fully saturated rings. The van der Waals surface area contributed by atoms with Crippen LogP contribution >= 0.6 is 11.6 Å². The van der Waals surface area contributed by atoms with Crippen molar-refractivity contribution in [1.29, 1.82) is 0 Å². The highest BCUT2D eigenvalue weighted by molar-refractivity contribution is 6.30. The summed E-state index contributed by atoms with van der Waals surface area (Å²) < 4.78 is 5.48. The molecule has 1 unspecified atom stereocenters. The molecule has 0 saturated carbocycles. The maximum atomic E-state index is 13.0. The summed E-state index contributed by atoms with van der Waals surface area (Å²) in [6.07, 6.45) is 2.31. The smallest absolute Gasteiger partial charge is 0.339 e. The lowest BCUT2D eigenvalue weighted by Gasteiger charge is -2.15. The van der Waals surface area contributed by atoms with Gasteiger partial charge in [-0.15, -0.1) is 0 Å². The quantitative estimate of drug-likeness (QED) is 0.443. The monoisotopic (exact) mass is 431 g/mol. The van der Waals surface area contributed by atoms with Crippen molar-refractivity contribution >= 4 is 40.1 Å². The zero-order valence-corrected chi connectivity index (χ0v) is 17.3. The van der Waals surface area contributed by atoms with E-state index in [1.54, 1.807) is 48.8 Å². The van der Waals surface area contributed by atoms with Gasteiger partial charge in [0.2, 0.25) is 0 Å². The number of amides is 1. The van der Waals surface area contributed by atoms with Gasteiger partial charge in [0.05, 0.1) is 16.8 Å². The van der Waals surface area contributed by atoms with Gasteiger partial charge in [-0.25, -0.2) is 9.78 Å². The van der Waals surface area contributed by atoms with Gasteiger partial charge in [0, 0.05) is 34.1 Å². The lowest BCUT2D eigenvalue weighted by Crippen LogP contribution is -2.30. The number of aromatic nitrogens is 2. The SMILES string of the molecule is CC(OC(=O)c1cc(-c2ccncc2)nc2ccccc12)C(=O)Nc1cccc(Cl)c1. The first kappa shape index (κ1) is 20.5. The van der Waals surface area contributed by atoms with Gasteiger partial charge in [0.25, 0.3) is 5.91 Å². The molecule has 154 valence electrons. The summed E-state index contributed by atoms with van der Waals surface area (Å²) in [6, 6.07) is 19.3. The van der Waals surface area contributed by atoms with Crippen LogP contribution in [0.3, 0.4) is 0 Å². The van der Waals surface area contributed by atoms with Gasteiger partial charge >= 0.3 is 5.97 Å². The first-order valence-corrected chi connectivity index (χ1v) is 9.96. The number of para-hydroxylation sites is 1. The Balaban J connectivity index is 1.60. The number of halogens is 1. The molecular weight excluding hydrogens is 414 g/mol. The highest BCUT2D eigenvalue weighted by atomic mass is 35.5. The second-order valence-electron chi connectivity index (χ2n) is 6.86. The van der Waals surface area contributed by atoms with Crippen molar-refractivity contribution in [2.24, 2.45) is 0 Å². The van der Waals surface area contributed by atoms with Gasteiger partial charge in [0.15, 0.2) is 6.10 Å². The van der Waals surface area contributed by atoms with Gasteiger partial charge in [-0.3, -0.25) is 9.78 Å². The summed E-state index contributed by atoms with van der Waals surface area (Å²) in [7, 11) is 0. The number of benzene rings is 2. The average molecular weight is 432 g/mol. The zero-order chi connectivity index (χ0) is 21.8. The number of hydrogen-bond acceptors (Lipinski definition) is 5. The Hall–Kier alpha value is -3.77. The highest BCUT2D eigenvalue weighted by Gasteiger charge is 2.22. The summed E-state index contributed by atoms with van der Waals surface area (Å²) in [4.78, 5) is 34.1. The molecule has 2 aromatic heterocycles. The van der Waals surface area contributed by atoms with E-state index in [0.717, 1.165) is 5.56 Å². The molecule has 0 radical (unpaired) electrons. The van der Waals surface area contributed by atoms with E-state index < -0.39 is 18.0 Å².